The molecule has 0 fully saturated rings. The van der Waals surface area contributed by atoms with Crippen molar-refractivity contribution in [3.8, 4) is 0 Å². The molecule has 1 N–H and O–H groups in total. The molecule has 1 aliphatic carbocycles. The summed E-state index contributed by atoms with van der Waals surface area (Å²) >= 11 is 0. The third kappa shape index (κ3) is 1.83. The topological polar surface area (TPSA) is 15.8 Å². The van der Waals surface area contributed by atoms with E-state index in [0.29, 0.717) is 0 Å². The highest BCUT2D eigenvalue weighted by Gasteiger charge is 2.42. The Morgan fingerprint density at radius 3 is 2.32 bits per heavy atom. The Labute approximate surface area is 135 Å². The number of H-pyrrole nitrogens is 1. The Bertz CT molecular complexity index is 819. The monoisotopic (exact) mass is 308 g/mol. The fraction of sp³-hybridized carbons (Fsp3) is 0.400. The van der Waals surface area contributed by atoms with Crippen LogP contribution in [0, 0.1) is 6.92 Å². The summed E-state index contributed by atoms with van der Waals surface area (Å²) in [5, 5.41) is 1.62. The summed E-state index contributed by atoms with van der Waals surface area (Å²) in [7, 11) is -0.509. The maximum absolute atomic E-state index is 3.42. The predicted molar refractivity (Wildman–Crippen MR) is 99.9 cm³/mol. The van der Waals surface area contributed by atoms with Gasteiger partial charge >= 0.3 is 0 Å². The normalized spacial score (nSPS) is 22.5. The van der Waals surface area contributed by atoms with Crippen molar-refractivity contribution in [2.75, 3.05) is 0 Å². The summed E-state index contributed by atoms with van der Waals surface area (Å²) in [5.41, 5.74) is 10.1. The molecule has 3 rings (SSSR count). The fourth-order valence-electron chi connectivity index (χ4n) is 4.07. The first-order valence-electron chi connectivity index (χ1n) is 8.07. The molecular formula is C20H26NSi. The molecule has 1 aliphatic rings. The molecule has 0 bridgehead atoms. The number of nitrogens with one attached hydrogen (secondary N) is 1. The van der Waals surface area contributed by atoms with E-state index >= 15 is 0 Å². The van der Waals surface area contributed by atoms with E-state index in [0.717, 1.165) is 0 Å². The molecule has 1 heterocycles. The molecule has 22 heavy (non-hydrogen) atoms. The zero-order valence-corrected chi connectivity index (χ0v) is 15.8. The second-order valence-electron chi connectivity index (χ2n) is 7.07. The highest BCUT2D eigenvalue weighted by atomic mass is 28.3. The van der Waals surface area contributed by atoms with Crippen molar-refractivity contribution in [1.82, 2.24) is 4.98 Å². The molecule has 0 aliphatic heterocycles. The Morgan fingerprint density at radius 1 is 1.00 bits per heavy atom. The van der Waals surface area contributed by atoms with Crippen LogP contribution >= 0.6 is 0 Å². The zero-order chi connectivity index (χ0) is 16.2. The van der Waals surface area contributed by atoms with Gasteiger partial charge in [0.15, 0.2) is 0 Å². The molecule has 1 unspecified atom stereocenters. The molecule has 1 atom stereocenters. The number of aromatic amines is 1. The van der Waals surface area contributed by atoms with Gasteiger partial charge in [-0.15, -0.1) is 0 Å². The number of rotatable bonds is 2. The zero-order valence-electron chi connectivity index (χ0n) is 14.8. The molecule has 0 amide bonds. The lowest BCUT2D eigenvalue weighted by molar-refractivity contribution is 0.893. The van der Waals surface area contributed by atoms with Gasteiger partial charge in [0.05, 0.1) is 8.80 Å². The van der Waals surface area contributed by atoms with Crippen LogP contribution < -0.4 is 0 Å². The number of aromatic nitrogens is 1. The van der Waals surface area contributed by atoms with Gasteiger partial charge in [-0.25, -0.2) is 0 Å². The Morgan fingerprint density at radius 2 is 1.68 bits per heavy atom. The minimum Gasteiger partial charge on any atom is -0.361 e. The van der Waals surface area contributed by atoms with Gasteiger partial charge < -0.3 is 4.98 Å². The molecule has 0 spiro atoms. The number of benzene rings is 1. The van der Waals surface area contributed by atoms with Gasteiger partial charge in [0.25, 0.3) is 0 Å². The first-order chi connectivity index (χ1) is 10.3. The minimum absolute atomic E-state index is 0.219. The van der Waals surface area contributed by atoms with Gasteiger partial charge in [-0.2, -0.15) is 0 Å². The van der Waals surface area contributed by atoms with Crippen molar-refractivity contribution < 1.29 is 0 Å². The van der Waals surface area contributed by atoms with Gasteiger partial charge in [0, 0.05) is 22.1 Å². The third-order valence-electron chi connectivity index (χ3n) is 5.92. The van der Waals surface area contributed by atoms with Crippen LogP contribution in [0.25, 0.3) is 16.5 Å². The predicted octanol–water partition coefficient (Wildman–Crippen LogP) is 6.11. The smallest absolute Gasteiger partial charge is 0.0590 e. The summed E-state index contributed by atoms with van der Waals surface area (Å²) in [6.45, 7) is 16.5. The molecule has 0 saturated carbocycles. The molecular weight excluding hydrogens is 282 g/mol. The number of fused-ring (bicyclic) bond motifs is 1. The summed E-state index contributed by atoms with van der Waals surface area (Å²) in [6, 6.07) is 6.69. The van der Waals surface area contributed by atoms with E-state index in [1.807, 2.05) is 0 Å². The van der Waals surface area contributed by atoms with Crippen LogP contribution in [0.2, 0.25) is 18.1 Å². The summed E-state index contributed by atoms with van der Waals surface area (Å²) in [5.74, 6) is 0. The Hall–Kier alpha value is -1.54. The standard InChI is InChI=1S/C20H26NSi/c1-12-11-21-17-10-8-9-16(18(12)17)19-14(3)13(2)15(4)20(19,5)22(6)7/h8-11,21H,1-7H3. The summed E-state index contributed by atoms with van der Waals surface area (Å²) < 4.78 is 0. The van der Waals surface area contributed by atoms with Crippen molar-refractivity contribution in [1.29, 1.82) is 0 Å². The van der Waals surface area contributed by atoms with Crippen LogP contribution in [-0.2, 0) is 0 Å². The van der Waals surface area contributed by atoms with Crippen molar-refractivity contribution in [2.45, 2.75) is 52.8 Å². The van der Waals surface area contributed by atoms with E-state index < -0.39 is 8.80 Å². The number of allylic oxidation sites excluding steroid dienone is 4. The lowest BCUT2D eigenvalue weighted by atomic mass is 9.88. The molecule has 2 aromatic rings. The molecule has 115 valence electrons. The maximum atomic E-state index is 3.42. The number of hydrogen-bond donors (Lipinski definition) is 1. The quantitative estimate of drug-likeness (QED) is 0.644. The van der Waals surface area contributed by atoms with Crippen LogP contribution in [0.1, 0.15) is 38.8 Å². The lowest BCUT2D eigenvalue weighted by Gasteiger charge is -2.35. The molecule has 0 saturated heterocycles. The van der Waals surface area contributed by atoms with Crippen molar-refractivity contribution in [3.63, 3.8) is 0 Å². The van der Waals surface area contributed by atoms with Crippen molar-refractivity contribution in [2.24, 2.45) is 0 Å². The lowest BCUT2D eigenvalue weighted by Crippen LogP contribution is -2.25. The molecule has 1 aromatic carbocycles. The van der Waals surface area contributed by atoms with Gasteiger partial charge in [-0.3, -0.25) is 0 Å². The maximum Gasteiger partial charge on any atom is 0.0590 e. The Kier molecular flexibility index (Phi) is 3.48. The van der Waals surface area contributed by atoms with E-state index in [1.54, 1.807) is 11.1 Å². The second-order valence-corrected chi connectivity index (χ2v) is 10.1. The van der Waals surface area contributed by atoms with Gasteiger partial charge in [-0.1, -0.05) is 37.7 Å². The minimum atomic E-state index is -0.509. The fourth-order valence-corrected chi connectivity index (χ4v) is 5.83. The Balaban J connectivity index is 2.37. The van der Waals surface area contributed by atoms with Crippen molar-refractivity contribution in [3.05, 3.63) is 52.2 Å². The molecule has 1 aromatic heterocycles. The van der Waals surface area contributed by atoms with E-state index in [1.165, 1.54) is 33.2 Å². The van der Waals surface area contributed by atoms with Crippen LogP contribution in [0.15, 0.2) is 41.1 Å². The van der Waals surface area contributed by atoms with Gasteiger partial charge in [0.1, 0.15) is 0 Å². The van der Waals surface area contributed by atoms with E-state index in [-0.39, 0.29) is 5.04 Å². The number of aryl methyl sites for hydroxylation is 1. The first kappa shape index (κ1) is 15.4. The molecule has 1 radical (unpaired) electrons. The van der Waals surface area contributed by atoms with E-state index in [9.17, 15) is 0 Å². The van der Waals surface area contributed by atoms with Crippen LogP contribution in [0.4, 0.5) is 0 Å². The third-order valence-corrected chi connectivity index (χ3v) is 8.55. The van der Waals surface area contributed by atoms with Crippen LogP contribution in [0.5, 0.6) is 0 Å². The molecule has 1 nitrogen and oxygen atoms in total. The van der Waals surface area contributed by atoms with Crippen LogP contribution in [0.3, 0.4) is 0 Å². The van der Waals surface area contributed by atoms with Crippen LogP contribution in [-0.4, -0.2) is 13.8 Å². The summed E-state index contributed by atoms with van der Waals surface area (Å²) in [6.07, 6.45) is 2.13. The highest BCUT2D eigenvalue weighted by molar-refractivity contribution is 6.63. The van der Waals surface area contributed by atoms with Gasteiger partial charge in [-0.05, 0) is 61.6 Å². The van der Waals surface area contributed by atoms with Crippen molar-refractivity contribution >= 4 is 25.3 Å². The largest absolute Gasteiger partial charge is 0.361 e. The number of hydrogen-bond acceptors (Lipinski definition) is 0. The van der Waals surface area contributed by atoms with Gasteiger partial charge in [0.2, 0.25) is 0 Å². The first-order valence-corrected chi connectivity index (χ1v) is 10.6. The SMILES string of the molecule is CC1=C(C)C(C)([Si](C)C)C(c2cccc3[nH]cc(C)c23)=C1C. The van der Waals surface area contributed by atoms with E-state index in [4.69, 9.17) is 0 Å². The summed E-state index contributed by atoms with van der Waals surface area (Å²) in [4.78, 5) is 3.42. The average Bonchev–Trinajstić information content (AvgIpc) is 2.94. The second kappa shape index (κ2) is 4.99. The molecule has 2 heteroatoms. The average molecular weight is 309 g/mol. The van der Waals surface area contributed by atoms with E-state index in [2.05, 4.69) is 77.1 Å². The highest BCUT2D eigenvalue weighted by Crippen LogP contribution is 2.59.